The van der Waals surface area contributed by atoms with Gasteiger partial charge in [0.25, 0.3) is 0 Å². The molecule has 0 aliphatic rings. The molecule has 1 rings (SSSR count). The number of carbonyl (C=O) groups excluding carboxylic acids is 1. The molecule has 70 valence electrons. The maximum atomic E-state index is 11.0. The van der Waals surface area contributed by atoms with E-state index in [1.807, 2.05) is 6.07 Å². The van der Waals surface area contributed by atoms with Gasteiger partial charge in [-0.15, -0.1) is 0 Å². The van der Waals surface area contributed by atoms with E-state index < -0.39 is 0 Å². The lowest BCUT2D eigenvalue weighted by Crippen LogP contribution is -2.10. The molecule has 0 aromatic carbocycles. The van der Waals surface area contributed by atoms with Crippen LogP contribution in [0.2, 0.25) is 0 Å². The van der Waals surface area contributed by atoms with Gasteiger partial charge < -0.3 is 11.1 Å². The predicted molar refractivity (Wildman–Crippen MR) is 51.0 cm³/mol. The number of nitrogens with two attached hydrogens (primary N) is 1. The van der Waals surface area contributed by atoms with Crippen molar-refractivity contribution in [1.29, 1.82) is 0 Å². The second-order valence-corrected chi connectivity index (χ2v) is 2.66. The van der Waals surface area contributed by atoms with Gasteiger partial charge in [0, 0.05) is 19.2 Å². The zero-order valence-electron chi connectivity index (χ0n) is 7.58. The normalized spacial score (nSPS) is 9.69. The number of nitrogens with one attached hydrogen (secondary N) is 1. The van der Waals surface area contributed by atoms with Crippen LogP contribution < -0.4 is 11.1 Å². The van der Waals surface area contributed by atoms with Crippen molar-refractivity contribution in [2.24, 2.45) is 5.73 Å². The molecule has 0 saturated carbocycles. The molecule has 4 nitrogen and oxygen atoms in total. The molecule has 0 saturated heterocycles. The van der Waals surface area contributed by atoms with Crippen LogP contribution in [0.1, 0.15) is 18.9 Å². The highest BCUT2D eigenvalue weighted by Crippen LogP contribution is 2.04. The van der Waals surface area contributed by atoms with Crippen molar-refractivity contribution in [3.8, 4) is 0 Å². The number of rotatable bonds is 3. The van der Waals surface area contributed by atoms with Crippen LogP contribution >= 0.6 is 0 Å². The molecule has 0 bridgehead atoms. The van der Waals surface area contributed by atoms with Crippen molar-refractivity contribution >= 4 is 11.7 Å². The summed E-state index contributed by atoms with van der Waals surface area (Å²) in [5, 5.41) is 2.65. The van der Waals surface area contributed by atoms with E-state index in [1.165, 1.54) is 0 Å². The van der Waals surface area contributed by atoms with E-state index in [1.54, 1.807) is 19.2 Å². The van der Waals surface area contributed by atoms with Crippen molar-refractivity contribution in [3.63, 3.8) is 0 Å². The molecular formula is C9H13N3O. The predicted octanol–water partition coefficient (Wildman–Crippen LogP) is 0.889. The molecule has 1 aromatic rings. The van der Waals surface area contributed by atoms with E-state index in [4.69, 9.17) is 5.73 Å². The Morgan fingerprint density at radius 3 is 2.85 bits per heavy atom. The highest BCUT2D eigenvalue weighted by molar-refractivity contribution is 5.89. The van der Waals surface area contributed by atoms with Gasteiger partial charge in [-0.3, -0.25) is 4.79 Å². The monoisotopic (exact) mass is 179 g/mol. The lowest BCUT2D eigenvalue weighted by molar-refractivity contribution is -0.115. The van der Waals surface area contributed by atoms with Gasteiger partial charge in [0.05, 0.1) is 0 Å². The number of nitrogens with zero attached hydrogens (tertiary/aromatic N) is 1. The quantitative estimate of drug-likeness (QED) is 0.724. The van der Waals surface area contributed by atoms with E-state index in [2.05, 4.69) is 10.3 Å². The molecular weight excluding hydrogens is 166 g/mol. The van der Waals surface area contributed by atoms with Crippen LogP contribution in [0.15, 0.2) is 18.3 Å². The summed E-state index contributed by atoms with van der Waals surface area (Å²) >= 11 is 0. The summed E-state index contributed by atoms with van der Waals surface area (Å²) in [5.74, 6) is 0.539. The topological polar surface area (TPSA) is 68.0 Å². The van der Waals surface area contributed by atoms with E-state index in [0.29, 0.717) is 18.8 Å². The maximum Gasteiger partial charge on any atom is 0.225 e. The number of hydrogen-bond donors (Lipinski definition) is 2. The second kappa shape index (κ2) is 4.57. The standard InChI is InChI=1S/C9H13N3O/c1-2-9(13)12-8-4-3-7(5-10)6-11-8/h3-4,6H,2,5,10H2,1H3,(H,11,12,13). The Hall–Kier alpha value is -1.42. The molecule has 13 heavy (non-hydrogen) atoms. The number of aromatic nitrogens is 1. The Bertz CT molecular complexity index is 281. The first-order valence-corrected chi connectivity index (χ1v) is 4.21. The number of hydrogen-bond acceptors (Lipinski definition) is 3. The highest BCUT2D eigenvalue weighted by atomic mass is 16.1. The van der Waals surface area contributed by atoms with Crippen LogP contribution in [0.25, 0.3) is 0 Å². The lowest BCUT2D eigenvalue weighted by Gasteiger charge is -2.02. The van der Waals surface area contributed by atoms with Gasteiger partial charge in [0.2, 0.25) is 5.91 Å². The fraction of sp³-hybridized carbons (Fsp3) is 0.333. The van der Waals surface area contributed by atoms with Gasteiger partial charge >= 0.3 is 0 Å². The molecule has 0 spiro atoms. The minimum atomic E-state index is -0.0343. The van der Waals surface area contributed by atoms with Crippen LogP contribution in [-0.2, 0) is 11.3 Å². The Morgan fingerprint density at radius 1 is 1.62 bits per heavy atom. The van der Waals surface area contributed by atoms with E-state index in [9.17, 15) is 4.79 Å². The largest absolute Gasteiger partial charge is 0.326 e. The zero-order chi connectivity index (χ0) is 9.68. The first-order valence-electron chi connectivity index (χ1n) is 4.21. The molecule has 0 aliphatic heterocycles. The third-order valence-corrected chi connectivity index (χ3v) is 1.65. The third-order valence-electron chi connectivity index (χ3n) is 1.65. The van der Waals surface area contributed by atoms with E-state index in [-0.39, 0.29) is 5.91 Å². The van der Waals surface area contributed by atoms with E-state index in [0.717, 1.165) is 5.56 Å². The van der Waals surface area contributed by atoms with Crippen molar-refractivity contribution in [3.05, 3.63) is 23.9 Å². The molecule has 0 fully saturated rings. The minimum Gasteiger partial charge on any atom is -0.326 e. The molecule has 0 atom stereocenters. The van der Waals surface area contributed by atoms with Crippen molar-refractivity contribution in [2.75, 3.05) is 5.32 Å². The van der Waals surface area contributed by atoms with Crippen LogP contribution in [0.4, 0.5) is 5.82 Å². The first kappa shape index (κ1) is 9.67. The van der Waals surface area contributed by atoms with Gasteiger partial charge in [0.1, 0.15) is 5.82 Å². The summed E-state index contributed by atoms with van der Waals surface area (Å²) in [6.07, 6.45) is 2.12. The summed E-state index contributed by atoms with van der Waals surface area (Å²) in [6.45, 7) is 2.26. The van der Waals surface area contributed by atoms with Crippen molar-refractivity contribution < 1.29 is 4.79 Å². The molecule has 1 aromatic heterocycles. The number of pyridine rings is 1. The second-order valence-electron chi connectivity index (χ2n) is 2.66. The molecule has 0 aliphatic carbocycles. The number of carbonyl (C=O) groups is 1. The lowest BCUT2D eigenvalue weighted by atomic mass is 10.3. The number of amides is 1. The SMILES string of the molecule is CCC(=O)Nc1ccc(CN)cn1. The average Bonchev–Trinajstić information content (AvgIpc) is 2.19. The summed E-state index contributed by atoms with van der Waals surface area (Å²) in [4.78, 5) is 15.0. The van der Waals surface area contributed by atoms with Gasteiger partial charge in [-0.2, -0.15) is 0 Å². The first-order chi connectivity index (χ1) is 6.26. The van der Waals surface area contributed by atoms with Crippen LogP contribution in [0, 0.1) is 0 Å². The molecule has 0 radical (unpaired) electrons. The third kappa shape index (κ3) is 2.83. The van der Waals surface area contributed by atoms with Gasteiger partial charge in [-0.05, 0) is 11.6 Å². The molecule has 1 heterocycles. The molecule has 1 amide bonds. The number of anilines is 1. The van der Waals surface area contributed by atoms with Crippen molar-refractivity contribution in [1.82, 2.24) is 4.98 Å². The maximum absolute atomic E-state index is 11.0. The Labute approximate surface area is 77.2 Å². The molecule has 0 unspecified atom stereocenters. The van der Waals surface area contributed by atoms with Gasteiger partial charge in [0.15, 0.2) is 0 Å². The fourth-order valence-corrected chi connectivity index (χ4v) is 0.850. The Morgan fingerprint density at radius 2 is 2.38 bits per heavy atom. The highest BCUT2D eigenvalue weighted by Gasteiger charge is 1.98. The minimum absolute atomic E-state index is 0.0343. The smallest absolute Gasteiger partial charge is 0.225 e. The fourth-order valence-electron chi connectivity index (χ4n) is 0.850. The molecule has 4 heteroatoms. The summed E-state index contributed by atoms with van der Waals surface area (Å²) in [5.41, 5.74) is 6.35. The Balaban J connectivity index is 2.64. The summed E-state index contributed by atoms with van der Waals surface area (Å²) in [6, 6.07) is 3.59. The van der Waals surface area contributed by atoms with Gasteiger partial charge in [-0.25, -0.2) is 4.98 Å². The summed E-state index contributed by atoms with van der Waals surface area (Å²) in [7, 11) is 0. The van der Waals surface area contributed by atoms with E-state index >= 15 is 0 Å². The molecule has 3 N–H and O–H groups in total. The van der Waals surface area contributed by atoms with Gasteiger partial charge in [-0.1, -0.05) is 13.0 Å². The Kier molecular flexibility index (Phi) is 3.40. The zero-order valence-corrected chi connectivity index (χ0v) is 7.58. The van der Waals surface area contributed by atoms with Crippen molar-refractivity contribution in [2.45, 2.75) is 19.9 Å². The average molecular weight is 179 g/mol. The van der Waals surface area contributed by atoms with Crippen LogP contribution in [0.5, 0.6) is 0 Å². The van der Waals surface area contributed by atoms with Crippen LogP contribution in [-0.4, -0.2) is 10.9 Å². The van der Waals surface area contributed by atoms with Crippen LogP contribution in [0.3, 0.4) is 0 Å². The summed E-state index contributed by atoms with van der Waals surface area (Å²) < 4.78 is 0.